The van der Waals surface area contributed by atoms with E-state index in [-0.39, 0.29) is 11.3 Å². The number of imidazole rings is 1. The highest BCUT2D eigenvalue weighted by Crippen LogP contribution is 2.46. The Kier molecular flexibility index (Phi) is 4.26. The second kappa shape index (κ2) is 5.94. The van der Waals surface area contributed by atoms with E-state index in [0.717, 1.165) is 19.4 Å². The Hall–Kier alpha value is -2.05. The number of hydrogen-bond acceptors (Lipinski definition) is 4. The van der Waals surface area contributed by atoms with E-state index < -0.39 is 12.1 Å². The van der Waals surface area contributed by atoms with Crippen molar-refractivity contribution in [1.82, 2.24) is 20.2 Å². The number of ether oxygens (including phenoxy) is 1. The topological polar surface area (TPSA) is 85.2 Å². The molecule has 0 saturated heterocycles. The van der Waals surface area contributed by atoms with Gasteiger partial charge in [-0.2, -0.15) is 0 Å². The van der Waals surface area contributed by atoms with Crippen molar-refractivity contribution in [1.29, 1.82) is 0 Å². The van der Waals surface area contributed by atoms with Crippen LogP contribution in [-0.2, 0) is 16.1 Å². The van der Waals surface area contributed by atoms with Crippen LogP contribution in [0.5, 0.6) is 0 Å². The summed E-state index contributed by atoms with van der Waals surface area (Å²) < 4.78 is 6.48. The van der Waals surface area contributed by atoms with Crippen LogP contribution in [0.15, 0.2) is 18.7 Å². The molecular weight excluding hydrogens is 260 g/mol. The van der Waals surface area contributed by atoms with Crippen LogP contribution in [0.4, 0.5) is 4.79 Å². The van der Waals surface area contributed by atoms with Crippen LogP contribution >= 0.6 is 0 Å². The fourth-order valence-corrected chi connectivity index (χ4v) is 2.06. The molecule has 1 aromatic rings. The molecule has 1 fully saturated rings. The first kappa shape index (κ1) is 14.4. The van der Waals surface area contributed by atoms with Crippen molar-refractivity contribution in [2.24, 2.45) is 5.41 Å². The lowest BCUT2D eigenvalue weighted by molar-refractivity contribution is -0.122. The summed E-state index contributed by atoms with van der Waals surface area (Å²) in [6.07, 6.45) is 7.02. The lowest BCUT2D eigenvalue weighted by Crippen LogP contribution is -2.46. The molecule has 1 aliphatic rings. The number of methoxy groups -OCH3 is 1. The van der Waals surface area contributed by atoms with E-state index in [0.29, 0.717) is 6.54 Å². The van der Waals surface area contributed by atoms with Crippen molar-refractivity contribution in [3.63, 3.8) is 0 Å². The SMILES string of the molecule is COC(=O)N[C@@H](C)C(=O)NCC1(Cn2ccnc2)CC1. The second-order valence-corrected chi connectivity index (χ2v) is 5.31. The number of hydrogen-bond donors (Lipinski definition) is 2. The highest BCUT2D eigenvalue weighted by atomic mass is 16.5. The van der Waals surface area contributed by atoms with Crippen LogP contribution < -0.4 is 10.6 Å². The summed E-state index contributed by atoms with van der Waals surface area (Å²) in [6, 6.07) is -0.605. The Labute approximate surface area is 117 Å². The normalized spacial score (nSPS) is 17.1. The molecule has 1 atom stereocenters. The third-order valence-corrected chi connectivity index (χ3v) is 3.58. The lowest BCUT2D eigenvalue weighted by Gasteiger charge is -2.19. The molecule has 1 saturated carbocycles. The van der Waals surface area contributed by atoms with Gasteiger partial charge in [-0.05, 0) is 19.8 Å². The number of nitrogens with one attached hydrogen (secondary N) is 2. The zero-order chi connectivity index (χ0) is 14.6. The minimum Gasteiger partial charge on any atom is -0.453 e. The van der Waals surface area contributed by atoms with Gasteiger partial charge in [-0.15, -0.1) is 0 Å². The summed E-state index contributed by atoms with van der Waals surface area (Å²) in [5, 5.41) is 5.33. The monoisotopic (exact) mass is 280 g/mol. The summed E-state index contributed by atoms with van der Waals surface area (Å²) in [7, 11) is 1.27. The Morgan fingerprint density at radius 3 is 2.80 bits per heavy atom. The van der Waals surface area contributed by atoms with Gasteiger partial charge in [0.2, 0.25) is 5.91 Å². The molecule has 7 nitrogen and oxygen atoms in total. The zero-order valence-corrected chi connectivity index (χ0v) is 11.8. The minimum absolute atomic E-state index is 0.126. The Bertz CT molecular complexity index is 468. The number of carbonyl (C=O) groups is 2. The van der Waals surface area contributed by atoms with Crippen molar-refractivity contribution in [2.75, 3.05) is 13.7 Å². The first-order valence-corrected chi connectivity index (χ1v) is 6.63. The highest BCUT2D eigenvalue weighted by molar-refractivity contribution is 5.85. The van der Waals surface area contributed by atoms with Gasteiger partial charge in [0.15, 0.2) is 0 Å². The van der Waals surface area contributed by atoms with Gasteiger partial charge in [0, 0.05) is 30.9 Å². The number of nitrogens with zero attached hydrogens (tertiary/aromatic N) is 2. The molecule has 110 valence electrons. The number of rotatable bonds is 6. The molecule has 0 unspecified atom stereocenters. The van der Waals surface area contributed by atoms with E-state index in [9.17, 15) is 9.59 Å². The molecule has 1 aromatic heterocycles. The van der Waals surface area contributed by atoms with Gasteiger partial charge >= 0.3 is 6.09 Å². The van der Waals surface area contributed by atoms with Crippen LogP contribution in [0.2, 0.25) is 0 Å². The number of aromatic nitrogens is 2. The van der Waals surface area contributed by atoms with Crippen molar-refractivity contribution >= 4 is 12.0 Å². The quantitative estimate of drug-likeness (QED) is 0.795. The number of alkyl carbamates (subject to hydrolysis) is 1. The molecule has 7 heteroatoms. The van der Waals surface area contributed by atoms with E-state index in [2.05, 4.69) is 20.4 Å². The fraction of sp³-hybridized carbons (Fsp3) is 0.615. The maximum atomic E-state index is 11.9. The summed E-state index contributed by atoms with van der Waals surface area (Å²) >= 11 is 0. The fourth-order valence-electron chi connectivity index (χ4n) is 2.06. The van der Waals surface area contributed by atoms with E-state index in [4.69, 9.17) is 0 Å². The average Bonchev–Trinajstić information content (AvgIpc) is 3.00. The third kappa shape index (κ3) is 3.72. The van der Waals surface area contributed by atoms with E-state index in [1.54, 1.807) is 19.4 Å². The molecule has 0 aromatic carbocycles. The Balaban J connectivity index is 1.77. The molecule has 0 bridgehead atoms. The largest absolute Gasteiger partial charge is 0.453 e. The van der Waals surface area contributed by atoms with Gasteiger partial charge in [0.1, 0.15) is 6.04 Å². The van der Waals surface area contributed by atoms with Crippen LogP contribution in [-0.4, -0.2) is 41.2 Å². The van der Waals surface area contributed by atoms with Crippen LogP contribution in [0.25, 0.3) is 0 Å². The zero-order valence-electron chi connectivity index (χ0n) is 11.8. The van der Waals surface area contributed by atoms with Crippen molar-refractivity contribution in [3.8, 4) is 0 Å². The third-order valence-electron chi connectivity index (χ3n) is 3.58. The summed E-state index contributed by atoms with van der Waals surface area (Å²) in [6.45, 7) is 3.09. The molecule has 20 heavy (non-hydrogen) atoms. The second-order valence-electron chi connectivity index (χ2n) is 5.31. The molecule has 0 aliphatic heterocycles. The van der Waals surface area contributed by atoms with Gasteiger partial charge in [0.25, 0.3) is 0 Å². The predicted molar refractivity (Wildman–Crippen MR) is 71.9 cm³/mol. The molecule has 2 rings (SSSR count). The van der Waals surface area contributed by atoms with Crippen LogP contribution in [0.1, 0.15) is 19.8 Å². The van der Waals surface area contributed by atoms with Gasteiger partial charge in [0.05, 0.1) is 13.4 Å². The van der Waals surface area contributed by atoms with Crippen molar-refractivity contribution in [2.45, 2.75) is 32.4 Å². The summed E-state index contributed by atoms with van der Waals surface area (Å²) in [5.41, 5.74) is 0.126. The molecule has 0 spiro atoms. The van der Waals surface area contributed by atoms with Crippen molar-refractivity contribution < 1.29 is 14.3 Å². The van der Waals surface area contributed by atoms with Gasteiger partial charge in [-0.3, -0.25) is 4.79 Å². The maximum Gasteiger partial charge on any atom is 0.407 e. The molecule has 2 amide bonds. The van der Waals surface area contributed by atoms with Crippen LogP contribution in [0.3, 0.4) is 0 Å². The van der Waals surface area contributed by atoms with Gasteiger partial charge in [-0.1, -0.05) is 0 Å². The van der Waals surface area contributed by atoms with E-state index in [1.165, 1.54) is 7.11 Å². The number of carbonyl (C=O) groups excluding carboxylic acids is 2. The van der Waals surface area contributed by atoms with Crippen LogP contribution in [0, 0.1) is 5.41 Å². The minimum atomic E-state index is -0.605. The maximum absolute atomic E-state index is 11.9. The Morgan fingerprint density at radius 2 is 2.25 bits per heavy atom. The molecule has 0 radical (unpaired) electrons. The summed E-state index contributed by atoms with van der Waals surface area (Å²) in [4.78, 5) is 26.9. The standard InChI is InChI=1S/C13H20N4O3/c1-10(16-12(19)20-2)11(18)15-7-13(3-4-13)8-17-6-5-14-9-17/h5-6,9-10H,3-4,7-8H2,1-2H3,(H,15,18)(H,16,19)/t10-/m0/s1. The van der Waals surface area contributed by atoms with Gasteiger partial charge in [-0.25, -0.2) is 9.78 Å². The molecule has 2 N–H and O–H groups in total. The average molecular weight is 280 g/mol. The first-order chi connectivity index (χ1) is 9.54. The number of amides is 2. The molecule has 1 heterocycles. The first-order valence-electron chi connectivity index (χ1n) is 6.63. The van der Waals surface area contributed by atoms with Crippen molar-refractivity contribution in [3.05, 3.63) is 18.7 Å². The van der Waals surface area contributed by atoms with E-state index in [1.807, 2.05) is 10.8 Å². The molecule has 1 aliphatic carbocycles. The lowest BCUT2D eigenvalue weighted by atomic mass is 10.1. The predicted octanol–water partition coefficient (Wildman–Crippen LogP) is 0.524. The summed E-state index contributed by atoms with van der Waals surface area (Å²) in [5.74, 6) is -0.202. The Morgan fingerprint density at radius 1 is 1.50 bits per heavy atom. The highest BCUT2D eigenvalue weighted by Gasteiger charge is 2.43. The van der Waals surface area contributed by atoms with E-state index >= 15 is 0 Å². The van der Waals surface area contributed by atoms with Gasteiger partial charge < -0.3 is 19.9 Å². The molecular formula is C13H20N4O3. The smallest absolute Gasteiger partial charge is 0.407 e.